The number of nitrogens with two attached hydrogens (primary N) is 1. The Morgan fingerprint density at radius 2 is 1.87 bits per heavy atom. The van der Waals surface area contributed by atoms with Crippen LogP contribution in [0.3, 0.4) is 0 Å². The Balaban J connectivity index is 1.94. The van der Waals surface area contributed by atoms with Crippen LogP contribution in [0.15, 0.2) is 28.7 Å². The molecule has 0 saturated carbocycles. The van der Waals surface area contributed by atoms with Gasteiger partial charge in [-0.15, -0.1) is 0 Å². The van der Waals surface area contributed by atoms with Gasteiger partial charge in [-0.25, -0.2) is 4.79 Å². The Bertz CT molecular complexity index is 517. The summed E-state index contributed by atoms with van der Waals surface area (Å²) >= 11 is 3.47. The highest BCUT2D eigenvalue weighted by Gasteiger charge is 2.30. The summed E-state index contributed by atoms with van der Waals surface area (Å²) in [7, 11) is 0. The van der Waals surface area contributed by atoms with Gasteiger partial charge < -0.3 is 15.4 Å². The number of ether oxygens (including phenoxy) is 1. The van der Waals surface area contributed by atoms with Gasteiger partial charge >= 0.3 is 6.09 Å². The van der Waals surface area contributed by atoms with Gasteiger partial charge in [0.1, 0.15) is 5.60 Å². The minimum atomic E-state index is -0.439. The SMILES string of the molecule is CC(C)(C)OC(=O)N1CCC(C(CN)c2ccc(Br)cc2)CC1. The van der Waals surface area contributed by atoms with Crippen molar-refractivity contribution in [2.45, 2.75) is 45.1 Å². The first kappa shape index (κ1) is 18.3. The van der Waals surface area contributed by atoms with Crippen molar-refractivity contribution in [2.24, 2.45) is 11.7 Å². The molecule has 0 spiro atoms. The first-order valence-electron chi connectivity index (χ1n) is 8.23. The van der Waals surface area contributed by atoms with E-state index in [1.807, 2.05) is 25.7 Å². The number of hydrogen-bond acceptors (Lipinski definition) is 3. The van der Waals surface area contributed by atoms with Gasteiger partial charge in [0, 0.05) is 17.6 Å². The molecule has 4 nitrogen and oxygen atoms in total. The largest absolute Gasteiger partial charge is 0.444 e. The zero-order valence-electron chi connectivity index (χ0n) is 14.2. The summed E-state index contributed by atoms with van der Waals surface area (Å²) in [6, 6.07) is 8.41. The van der Waals surface area contributed by atoms with Crippen LogP contribution in [0.5, 0.6) is 0 Å². The second-order valence-corrected chi connectivity index (χ2v) is 8.11. The maximum atomic E-state index is 12.1. The third-order valence-corrected chi connectivity index (χ3v) is 4.84. The maximum absolute atomic E-state index is 12.1. The molecule has 23 heavy (non-hydrogen) atoms. The van der Waals surface area contributed by atoms with Gasteiger partial charge in [0.15, 0.2) is 0 Å². The molecular weight excluding hydrogens is 356 g/mol. The number of piperidine rings is 1. The summed E-state index contributed by atoms with van der Waals surface area (Å²) in [6.45, 7) is 7.82. The standard InChI is InChI=1S/C18H27BrN2O2/c1-18(2,3)23-17(22)21-10-8-14(9-11-21)16(12-20)13-4-6-15(19)7-5-13/h4-7,14,16H,8-12,20H2,1-3H3. The molecule has 1 fully saturated rings. The molecule has 0 bridgehead atoms. The molecule has 1 aromatic carbocycles. The van der Waals surface area contributed by atoms with Crippen molar-refractivity contribution < 1.29 is 9.53 Å². The number of hydrogen-bond donors (Lipinski definition) is 1. The fraction of sp³-hybridized carbons (Fsp3) is 0.611. The number of likely N-dealkylation sites (tertiary alicyclic amines) is 1. The van der Waals surface area contributed by atoms with Crippen LogP contribution in [0.2, 0.25) is 0 Å². The minimum absolute atomic E-state index is 0.205. The number of benzene rings is 1. The molecule has 2 N–H and O–H groups in total. The second kappa shape index (κ2) is 7.67. The third kappa shape index (κ3) is 5.21. The molecule has 1 unspecified atom stereocenters. The van der Waals surface area contributed by atoms with Gasteiger partial charge in [0.2, 0.25) is 0 Å². The molecule has 1 aliphatic rings. The fourth-order valence-electron chi connectivity index (χ4n) is 3.12. The Morgan fingerprint density at radius 1 is 1.30 bits per heavy atom. The molecule has 1 aliphatic heterocycles. The summed E-state index contributed by atoms with van der Waals surface area (Å²) in [4.78, 5) is 14.0. The molecule has 0 aliphatic carbocycles. The van der Waals surface area contributed by atoms with Crippen LogP contribution in [-0.4, -0.2) is 36.2 Å². The van der Waals surface area contributed by atoms with Crippen molar-refractivity contribution in [1.29, 1.82) is 0 Å². The van der Waals surface area contributed by atoms with E-state index in [0.29, 0.717) is 18.4 Å². The van der Waals surface area contributed by atoms with E-state index >= 15 is 0 Å². The number of carbonyl (C=O) groups excluding carboxylic acids is 1. The lowest BCUT2D eigenvalue weighted by atomic mass is 9.80. The van der Waals surface area contributed by atoms with Crippen LogP contribution < -0.4 is 5.73 Å². The van der Waals surface area contributed by atoms with Crippen LogP contribution in [0.1, 0.15) is 45.1 Å². The van der Waals surface area contributed by atoms with Gasteiger partial charge in [-0.2, -0.15) is 0 Å². The van der Waals surface area contributed by atoms with E-state index in [4.69, 9.17) is 10.5 Å². The molecule has 1 heterocycles. The highest BCUT2D eigenvalue weighted by atomic mass is 79.9. The summed E-state index contributed by atoms with van der Waals surface area (Å²) in [5.41, 5.74) is 6.88. The Labute approximate surface area is 147 Å². The van der Waals surface area contributed by atoms with E-state index < -0.39 is 5.60 Å². The van der Waals surface area contributed by atoms with E-state index in [-0.39, 0.29) is 6.09 Å². The van der Waals surface area contributed by atoms with Crippen molar-refractivity contribution >= 4 is 22.0 Å². The first-order valence-corrected chi connectivity index (χ1v) is 9.03. The smallest absolute Gasteiger partial charge is 0.410 e. The quantitative estimate of drug-likeness (QED) is 0.854. The lowest BCUT2D eigenvalue weighted by molar-refractivity contribution is 0.0175. The highest BCUT2D eigenvalue weighted by molar-refractivity contribution is 9.10. The molecule has 2 rings (SSSR count). The zero-order chi connectivity index (χ0) is 17.0. The summed E-state index contributed by atoms with van der Waals surface area (Å²) in [5.74, 6) is 0.865. The van der Waals surface area contributed by atoms with Crippen molar-refractivity contribution in [3.8, 4) is 0 Å². The molecule has 0 radical (unpaired) electrons. The van der Waals surface area contributed by atoms with Crippen LogP contribution >= 0.6 is 15.9 Å². The molecule has 128 valence electrons. The fourth-order valence-corrected chi connectivity index (χ4v) is 3.39. The monoisotopic (exact) mass is 382 g/mol. The predicted octanol–water partition coefficient (Wildman–Crippen LogP) is 4.14. The topological polar surface area (TPSA) is 55.6 Å². The van der Waals surface area contributed by atoms with Crippen molar-refractivity contribution in [1.82, 2.24) is 4.90 Å². The molecule has 0 aromatic heterocycles. The second-order valence-electron chi connectivity index (χ2n) is 7.20. The lowest BCUT2D eigenvalue weighted by Crippen LogP contribution is -2.43. The van der Waals surface area contributed by atoms with Crippen LogP contribution in [0.4, 0.5) is 4.79 Å². The van der Waals surface area contributed by atoms with Gasteiger partial charge in [-0.05, 0) is 69.7 Å². The number of carbonyl (C=O) groups is 1. The number of halogens is 1. The summed E-state index contributed by atoms with van der Waals surface area (Å²) in [6.07, 6.45) is 1.73. The Morgan fingerprint density at radius 3 is 2.35 bits per heavy atom. The van der Waals surface area contributed by atoms with Crippen molar-refractivity contribution in [3.05, 3.63) is 34.3 Å². The molecule has 1 amide bonds. The van der Waals surface area contributed by atoms with E-state index in [0.717, 1.165) is 30.4 Å². The maximum Gasteiger partial charge on any atom is 0.410 e. The van der Waals surface area contributed by atoms with Gasteiger partial charge in [-0.3, -0.25) is 0 Å². The molecule has 1 aromatic rings. The normalized spacial score (nSPS) is 17.9. The first-order chi connectivity index (χ1) is 10.8. The van der Waals surface area contributed by atoms with E-state index in [1.165, 1.54) is 5.56 Å². The minimum Gasteiger partial charge on any atom is -0.444 e. The number of rotatable bonds is 3. The number of nitrogens with zero attached hydrogens (tertiary/aromatic N) is 1. The van der Waals surface area contributed by atoms with Crippen molar-refractivity contribution in [3.63, 3.8) is 0 Å². The molecule has 5 heteroatoms. The predicted molar refractivity (Wildman–Crippen MR) is 96.5 cm³/mol. The van der Waals surface area contributed by atoms with Gasteiger partial charge in [-0.1, -0.05) is 28.1 Å². The van der Waals surface area contributed by atoms with E-state index in [2.05, 4.69) is 40.2 Å². The molecule has 1 atom stereocenters. The van der Waals surface area contributed by atoms with E-state index in [1.54, 1.807) is 0 Å². The van der Waals surface area contributed by atoms with Gasteiger partial charge in [0.05, 0.1) is 0 Å². The number of amides is 1. The Hall–Kier alpha value is -1.07. The lowest BCUT2D eigenvalue weighted by Gasteiger charge is -2.36. The zero-order valence-corrected chi connectivity index (χ0v) is 15.8. The molecule has 1 saturated heterocycles. The van der Waals surface area contributed by atoms with Gasteiger partial charge in [0.25, 0.3) is 0 Å². The summed E-state index contributed by atoms with van der Waals surface area (Å²) in [5, 5.41) is 0. The van der Waals surface area contributed by atoms with Crippen LogP contribution in [0, 0.1) is 5.92 Å². The highest BCUT2D eigenvalue weighted by Crippen LogP contribution is 2.33. The average molecular weight is 383 g/mol. The molecular formula is C18H27BrN2O2. The van der Waals surface area contributed by atoms with Crippen LogP contribution in [0.25, 0.3) is 0 Å². The Kier molecular flexibility index (Phi) is 6.09. The average Bonchev–Trinajstić information content (AvgIpc) is 2.49. The van der Waals surface area contributed by atoms with Crippen molar-refractivity contribution in [2.75, 3.05) is 19.6 Å². The van der Waals surface area contributed by atoms with E-state index in [9.17, 15) is 4.79 Å². The summed E-state index contributed by atoms with van der Waals surface area (Å²) < 4.78 is 6.53. The third-order valence-electron chi connectivity index (χ3n) is 4.31. The van der Waals surface area contributed by atoms with Crippen LogP contribution in [-0.2, 0) is 4.74 Å².